The number of aryl methyl sites for hydroxylation is 1. The van der Waals surface area contributed by atoms with Gasteiger partial charge in [0.05, 0.1) is 18.0 Å². The first-order valence-corrected chi connectivity index (χ1v) is 7.62. The summed E-state index contributed by atoms with van der Waals surface area (Å²) in [5.41, 5.74) is 0. The molecule has 1 aliphatic rings. The number of aromatic nitrogens is 2. The third-order valence-electron chi connectivity index (χ3n) is 3.53. The van der Waals surface area contributed by atoms with Crippen LogP contribution in [-0.2, 0) is 26.7 Å². The lowest BCUT2D eigenvalue weighted by Gasteiger charge is -2.33. The maximum Gasteiger partial charge on any atom is 0.308 e. The molecule has 0 amide bonds. The molecular formula is C11H15N3O6S. The summed E-state index contributed by atoms with van der Waals surface area (Å²) in [7, 11) is -2.30. The van der Waals surface area contributed by atoms with Crippen LogP contribution in [0.4, 0.5) is 0 Å². The van der Waals surface area contributed by atoms with Crippen molar-refractivity contribution in [2.75, 3.05) is 13.1 Å². The molecule has 0 aromatic carbocycles. The Kier molecular flexibility index (Phi) is 4.01. The quantitative estimate of drug-likeness (QED) is 0.744. The molecule has 116 valence electrons. The van der Waals surface area contributed by atoms with Crippen LogP contribution in [0.25, 0.3) is 0 Å². The molecule has 1 fully saturated rings. The highest BCUT2D eigenvalue weighted by Gasteiger charge is 2.42. The minimum Gasteiger partial charge on any atom is -0.481 e. The number of rotatable bonds is 4. The van der Waals surface area contributed by atoms with Crippen LogP contribution in [0.3, 0.4) is 0 Å². The molecule has 9 nitrogen and oxygen atoms in total. The molecule has 0 saturated carbocycles. The Labute approximate surface area is 120 Å². The Balaban J connectivity index is 2.27. The molecule has 10 heteroatoms. The maximum atomic E-state index is 12.4. The lowest BCUT2D eigenvalue weighted by Crippen LogP contribution is -2.48. The summed E-state index contributed by atoms with van der Waals surface area (Å²) in [5, 5.41) is 21.9. The largest absolute Gasteiger partial charge is 0.481 e. The van der Waals surface area contributed by atoms with Crippen LogP contribution in [0.5, 0.6) is 0 Å². The Morgan fingerprint density at radius 2 is 1.90 bits per heavy atom. The fourth-order valence-electron chi connectivity index (χ4n) is 2.37. The van der Waals surface area contributed by atoms with Crippen LogP contribution in [-0.4, -0.2) is 57.7 Å². The number of carbonyl (C=O) groups is 2. The maximum absolute atomic E-state index is 12.4. The lowest BCUT2D eigenvalue weighted by molar-refractivity contribution is -0.156. The van der Waals surface area contributed by atoms with Crippen molar-refractivity contribution in [1.29, 1.82) is 0 Å². The molecule has 0 aliphatic carbocycles. The van der Waals surface area contributed by atoms with Crippen LogP contribution in [0.2, 0.25) is 0 Å². The number of carboxylic acid groups (broad SMARTS) is 2. The molecule has 1 aromatic heterocycles. The van der Waals surface area contributed by atoms with Gasteiger partial charge in [-0.3, -0.25) is 14.3 Å². The minimum atomic E-state index is -3.86. The molecule has 1 aromatic rings. The van der Waals surface area contributed by atoms with Gasteiger partial charge in [-0.2, -0.15) is 9.40 Å². The Bertz CT molecular complexity index is 667. The zero-order chi connectivity index (χ0) is 15.8. The van der Waals surface area contributed by atoms with Gasteiger partial charge >= 0.3 is 11.9 Å². The first-order valence-electron chi connectivity index (χ1n) is 6.18. The number of aliphatic carboxylic acids is 2. The van der Waals surface area contributed by atoms with E-state index < -0.39 is 33.8 Å². The van der Waals surface area contributed by atoms with E-state index in [0.29, 0.717) is 0 Å². The van der Waals surface area contributed by atoms with Crippen molar-refractivity contribution in [3.63, 3.8) is 0 Å². The predicted molar refractivity (Wildman–Crippen MR) is 68.8 cm³/mol. The Morgan fingerprint density at radius 3 is 2.38 bits per heavy atom. The van der Waals surface area contributed by atoms with Crippen LogP contribution < -0.4 is 0 Å². The van der Waals surface area contributed by atoms with Crippen LogP contribution >= 0.6 is 0 Å². The van der Waals surface area contributed by atoms with Gasteiger partial charge in [-0.05, 0) is 6.42 Å². The summed E-state index contributed by atoms with van der Waals surface area (Å²) in [5.74, 6) is -4.88. The fraction of sp³-hybridized carbons (Fsp3) is 0.545. The summed E-state index contributed by atoms with van der Waals surface area (Å²) in [6, 6.07) is 0. The van der Waals surface area contributed by atoms with E-state index in [4.69, 9.17) is 10.2 Å². The average molecular weight is 317 g/mol. The number of carboxylic acids is 2. The first-order chi connectivity index (χ1) is 9.73. The van der Waals surface area contributed by atoms with Gasteiger partial charge in [-0.1, -0.05) is 0 Å². The van der Waals surface area contributed by atoms with Crippen molar-refractivity contribution in [2.24, 2.45) is 18.9 Å². The van der Waals surface area contributed by atoms with Crippen LogP contribution in [0.1, 0.15) is 6.42 Å². The van der Waals surface area contributed by atoms with E-state index >= 15 is 0 Å². The van der Waals surface area contributed by atoms with Crippen molar-refractivity contribution >= 4 is 22.0 Å². The Hall–Kier alpha value is -1.94. The average Bonchev–Trinajstić information content (AvgIpc) is 2.85. The van der Waals surface area contributed by atoms with E-state index in [9.17, 15) is 18.0 Å². The molecule has 2 N–H and O–H groups in total. The van der Waals surface area contributed by atoms with Gasteiger partial charge in [0, 0.05) is 26.3 Å². The molecule has 1 saturated heterocycles. The van der Waals surface area contributed by atoms with Gasteiger partial charge in [0.25, 0.3) is 0 Å². The molecule has 21 heavy (non-hydrogen) atoms. The summed E-state index contributed by atoms with van der Waals surface area (Å²) in [4.78, 5) is 22.2. The van der Waals surface area contributed by atoms with Crippen molar-refractivity contribution in [3.8, 4) is 0 Å². The van der Waals surface area contributed by atoms with Crippen LogP contribution in [0.15, 0.2) is 17.3 Å². The third-order valence-corrected chi connectivity index (χ3v) is 5.35. The number of hydrogen-bond acceptors (Lipinski definition) is 5. The van der Waals surface area contributed by atoms with Crippen molar-refractivity contribution < 1.29 is 28.2 Å². The van der Waals surface area contributed by atoms with E-state index in [0.717, 1.165) is 4.31 Å². The second kappa shape index (κ2) is 5.45. The van der Waals surface area contributed by atoms with E-state index in [1.807, 2.05) is 0 Å². The van der Waals surface area contributed by atoms with Gasteiger partial charge in [-0.25, -0.2) is 8.42 Å². The normalized spacial score (nSPS) is 23.9. The highest BCUT2D eigenvalue weighted by Crippen LogP contribution is 2.28. The van der Waals surface area contributed by atoms with Gasteiger partial charge in [-0.15, -0.1) is 0 Å². The second-order valence-corrected chi connectivity index (χ2v) is 6.83. The van der Waals surface area contributed by atoms with Crippen molar-refractivity contribution in [2.45, 2.75) is 11.3 Å². The molecule has 0 radical (unpaired) electrons. The number of piperidine rings is 1. The molecule has 2 unspecified atom stereocenters. The molecule has 0 spiro atoms. The van der Waals surface area contributed by atoms with Gasteiger partial charge in [0.15, 0.2) is 0 Å². The SMILES string of the molecule is Cn1cc(S(=O)(=O)N2CCC(C(=O)O)C(C(=O)O)C2)cn1. The first kappa shape index (κ1) is 15.4. The fourth-order valence-corrected chi connectivity index (χ4v) is 3.83. The van der Waals surface area contributed by atoms with E-state index in [2.05, 4.69) is 5.10 Å². The standard InChI is InChI=1S/C11H15N3O6S/c1-13-5-7(4-12-13)21(19,20)14-3-2-8(10(15)16)9(6-14)11(17)18/h4-5,8-9H,2-3,6H2,1H3,(H,15,16)(H,17,18). The second-order valence-electron chi connectivity index (χ2n) is 4.89. The molecule has 0 bridgehead atoms. The highest BCUT2D eigenvalue weighted by molar-refractivity contribution is 7.89. The monoisotopic (exact) mass is 317 g/mol. The molecule has 1 aliphatic heterocycles. The molecular weight excluding hydrogens is 302 g/mol. The summed E-state index contributed by atoms with van der Waals surface area (Å²) in [6.07, 6.45) is 2.45. The number of sulfonamides is 1. The summed E-state index contributed by atoms with van der Waals surface area (Å²) in [6.45, 7) is -0.387. The van der Waals surface area contributed by atoms with Gasteiger partial charge in [0.2, 0.25) is 10.0 Å². The number of nitrogens with zero attached hydrogens (tertiary/aromatic N) is 3. The molecule has 2 rings (SSSR count). The zero-order valence-corrected chi connectivity index (χ0v) is 12.0. The van der Waals surface area contributed by atoms with E-state index in [1.54, 1.807) is 7.05 Å². The summed E-state index contributed by atoms with van der Waals surface area (Å²) < 4.78 is 27.1. The number of hydrogen-bond donors (Lipinski definition) is 2. The third kappa shape index (κ3) is 2.90. The lowest BCUT2D eigenvalue weighted by atomic mass is 9.86. The van der Waals surface area contributed by atoms with Crippen molar-refractivity contribution in [1.82, 2.24) is 14.1 Å². The van der Waals surface area contributed by atoms with Gasteiger partial charge in [0.1, 0.15) is 4.90 Å². The highest BCUT2D eigenvalue weighted by atomic mass is 32.2. The van der Waals surface area contributed by atoms with E-state index in [1.165, 1.54) is 17.1 Å². The molecule has 2 heterocycles. The van der Waals surface area contributed by atoms with Gasteiger partial charge < -0.3 is 10.2 Å². The summed E-state index contributed by atoms with van der Waals surface area (Å²) >= 11 is 0. The van der Waals surface area contributed by atoms with Crippen molar-refractivity contribution in [3.05, 3.63) is 12.4 Å². The Morgan fingerprint density at radius 1 is 1.29 bits per heavy atom. The van der Waals surface area contributed by atoms with E-state index in [-0.39, 0.29) is 24.4 Å². The zero-order valence-electron chi connectivity index (χ0n) is 11.2. The predicted octanol–water partition coefficient (Wildman–Crippen LogP) is -0.784. The minimum absolute atomic E-state index is 0.0298. The smallest absolute Gasteiger partial charge is 0.308 e. The topological polar surface area (TPSA) is 130 Å². The molecule has 2 atom stereocenters. The van der Waals surface area contributed by atoms with Crippen LogP contribution in [0, 0.1) is 11.8 Å².